The van der Waals surface area contributed by atoms with Crippen LogP contribution < -0.4 is 20.7 Å². The lowest BCUT2D eigenvalue weighted by Gasteiger charge is -2.21. The van der Waals surface area contributed by atoms with Gasteiger partial charge in [0.25, 0.3) is 0 Å². The lowest BCUT2D eigenvalue weighted by atomic mass is 10.1. The number of nitrogens with one attached hydrogen (secondary N) is 3. The number of hydrogen-bond acceptors (Lipinski definition) is 4. The Labute approximate surface area is 150 Å². The van der Waals surface area contributed by atoms with Crippen molar-refractivity contribution in [1.29, 1.82) is 0 Å². The summed E-state index contributed by atoms with van der Waals surface area (Å²) in [5.74, 6) is 0.0740. The minimum absolute atomic E-state index is 0.0350. The number of carbonyl (C=O) groups excluding carboxylic acids is 1. The average Bonchev–Trinajstić information content (AvgIpc) is 2.51. The molecule has 146 valence electrons. The van der Waals surface area contributed by atoms with Crippen LogP contribution >= 0.6 is 0 Å². The van der Waals surface area contributed by atoms with Crippen LogP contribution in [0.1, 0.15) is 26.3 Å². The second-order valence-electron chi connectivity index (χ2n) is 6.48. The van der Waals surface area contributed by atoms with Crippen LogP contribution in [0.2, 0.25) is 0 Å². The Bertz CT molecular complexity index is 627. The SMILES string of the molecule is CN=C(NCC(=O)NC(C)(C)C)NCc1ccnc(OCC(F)(F)F)c1. The predicted molar refractivity (Wildman–Crippen MR) is 91.9 cm³/mol. The molecule has 0 atom stereocenters. The van der Waals surface area contributed by atoms with E-state index in [9.17, 15) is 18.0 Å². The number of guanidine groups is 1. The highest BCUT2D eigenvalue weighted by molar-refractivity contribution is 5.86. The first-order valence-corrected chi connectivity index (χ1v) is 7.88. The van der Waals surface area contributed by atoms with E-state index >= 15 is 0 Å². The number of nitrogens with zero attached hydrogens (tertiary/aromatic N) is 2. The van der Waals surface area contributed by atoms with Gasteiger partial charge in [0.1, 0.15) is 0 Å². The van der Waals surface area contributed by atoms with Gasteiger partial charge >= 0.3 is 6.18 Å². The number of alkyl halides is 3. The largest absolute Gasteiger partial charge is 0.468 e. The minimum atomic E-state index is -4.42. The van der Waals surface area contributed by atoms with Gasteiger partial charge in [-0.1, -0.05) is 0 Å². The smallest absolute Gasteiger partial charge is 0.422 e. The highest BCUT2D eigenvalue weighted by Crippen LogP contribution is 2.17. The van der Waals surface area contributed by atoms with Gasteiger partial charge < -0.3 is 20.7 Å². The Kier molecular flexibility index (Phi) is 7.66. The standard InChI is InChI=1S/C16H24F3N5O2/c1-15(2,3)24-12(25)9-23-14(20-4)22-8-11-5-6-21-13(7-11)26-10-16(17,18)19/h5-7H,8-10H2,1-4H3,(H,24,25)(H2,20,22,23). The highest BCUT2D eigenvalue weighted by Gasteiger charge is 2.28. The van der Waals surface area contributed by atoms with E-state index < -0.39 is 12.8 Å². The summed E-state index contributed by atoms with van der Waals surface area (Å²) in [4.78, 5) is 19.5. The first-order valence-electron chi connectivity index (χ1n) is 7.88. The van der Waals surface area contributed by atoms with E-state index in [1.807, 2.05) is 20.8 Å². The molecule has 0 aliphatic heterocycles. The molecule has 0 aliphatic rings. The molecule has 0 saturated carbocycles. The summed E-state index contributed by atoms with van der Waals surface area (Å²) in [5.41, 5.74) is 0.318. The first-order chi connectivity index (χ1) is 12.0. The first kappa shape index (κ1) is 21.5. The van der Waals surface area contributed by atoms with Crippen molar-refractivity contribution in [2.45, 2.75) is 39.0 Å². The van der Waals surface area contributed by atoms with E-state index in [4.69, 9.17) is 0 Å². The van der Waals surface area contributed by atoms with Crippen LogP contribution in [-0.2, 0) is 11.3 Å². The lowest BCUT2D eigenvalue weighted by molar-refractivity contribution is -0.154. The molecule has 0 aliphatic carbocycles. The number of aliphatic imine (C=N–C) groups is 1. The molecule has 0 unspecified atom stereocenters. The molecule has 0 saturated heterocycles. The van der Waals surface area contributed by atoms with Crippen molar-refractivity contribution in [1.82, 2.24) is 20.9 Å². The van der Waals surface area contributed by atoms with E-state index in [2.05, 4.69) is 30.7 Å². The van der Waals surface area contributed by atoms with Gasteiger partial charge in [-0.05, 0) is 32.4 Å². The third-order valence-electron chi connectivity index (χ3n) is 2.80. The Morgan fingerprint density at radius 3 is 2.54 bits per heavy atom. The maximum atomic E-state index is 12.2. The number of pyridine rings is 1. The fourth-order valence-electron chi connectivity index (χ4n) is 1.83. The maximum Gasteiger partial charge on any atom is 0.422 e. The van der Waals surface area contributed by atoms with Crippen LogP contribution in [0.3, 0.4) is 0 Å². The topological polar surface area (TPSA) is 87.6 Å². The molecule has 0 fully saturated rings. The normalized spacial score (nSPS) is 12.5. The second-order valence-corrected chi connectivity index (χ2v) is 6.48. The van der Waals surface area contributed by atoms with Crippen molar-refractivity contribution in [3.05, 3.63) is 23.9 Å². The van der Waals surface area contributed by atoms with Gasteiger partial charge in [-0.2, -0.15) is 13.2 Å². The zero-order valence-corrected chi connectivity index (χ0v) is 15.2. The van der Waals surface area contributed by atoms with Gasteiger partial charge in [-0.25, -0.2) is 4.98 Å². The Balaban J connectivity index is 2.50. The van der Waals surface area contributed by atoms with Crippen molar-refractivity contribution in [2.24, 2.45) is 4.99 Å². The molecule has 7 nitrogen and oxygen atoms in total. The van der Waals surface area contributed by atoms with E-state index in [0.717, 1.165) is 0 Å². The minimum Gasteiger partial charge on any atom is -0.468 e. The monoisotopic (exact) mass is 375 g/mol. The third kappa shape index (κ3) is 9.70. The van der Waals surface area contributed by atoms with Crippen LogP contribution in [0.4, 0.5) is 13.2 Å². The van der Waals surface area contributed by atoms with Crippen LogP contribution in [0, 0.1) is 0 Å². The molecular formula is C16H24F3N5O2. The summed E-state index contributed by atoms with van der Waals surface area (Å²) < 4.78 is 41.1. The number of rotatable bonds is 6. The van der Waals surface area contributed by atoms with Crippen LogP contribution in [0.5, 0.6) is 5.88 Å². The summed E-state index contributed by atoms with van der Waals surface area (Å²) >= 11 is 0. The van der Waals surface area contributed by atoms with Crippen molar-refractivity contribution >= 4 is 11.9 Å². The van der Waals surface area contributed by atoms with Crippen LogP contribution in [0.15, 0.2) is 23.3 Å². The predicted octanol–water partition coefficient (Wildman–Crippen LogP) is 1.60. The third-order valence-corrected chi connectivity index (χ3v) is 2.80. The molecule has 10 heteroatoms. The van der Waals surface area contributed by atoms with Crippen LogP contribution in [0.25, 0.3) is 0 Å². The van der Waals surface area contributed by atoms with Gasteiger partial charge in [-0.15, -0.1) is 0 Å². The molecule has 0 radical (unpaired) electrons. The van der Waals surface area contributed by atoms with E-state index in [-0.39, 0.29) is 30.4 Å². The maximum absolute atomic E-state index is 12.2. The molecule has 26 heavy (non-hydrogen) atoms. The van der Waals surface area contributed by atoms with Gasteiger partial charge in [0.2, 0.25) is 11.8 Å². The molecule has 1 amide bonds. The molecule has 3 N–H and O–H groups in total. The molecular weight excluding hydrogens is 351 g/mol. The summed E-state index contributed by atoms with van der Waals surface area (Å²) in [6.45, 7) is 4.53. The highest BCUT2D eigenvalue weighted by atomic mass is 19.4. The number of amides is 1. The quantitative estimate of drug-likeness (QED) is 0.519. The zero-order valence-electron chi connectivity index (χ0n) is 15.2. The fraction of sp³-hybridized carbons (Fsp3) is 0.562. The molecule has 1 aromatic heterocycles. The average molecular weight is 375 g/mol. The number of carbonyl (C=O) groups is 1. The Morgan fingerprint density at radius 1 is 1.27 bits per heavy atom. The fourth-order valence-corrected chi connectivity index (χ4v) is 1.83. The van der Waals surface area contributed by atoms with Crippen molar-refractivity contribution in [3.8, 4) is 5.88 Å². The molecule has 0 aromatic carbocycles. The molecule has 0 bridgehead atoms. The lowest BCUT2D eigenvalue weighted by Crippen LogP contribution is -2.48. The van der Waals surface area contributed by atoms with Gasteiger partial charge in [0.05, 0.1) is 6.54 Å². The Morgan fingerprint density at radius 2 is 1.96 bits per heavy atom. The molecule has 0 spiro atoms. The van der Waals surface area contributed by atoms with E-state index in [1.165, 1.54) is 12.3 Å². The number of ether oxygens (including phenoxy) is 1. The zero-order chi connectivity index (χ0) is 19.8. The summed E-state index contributed by atoms with van der Waals surface area (Å²) in [5, 5.41) is 8.61. The van der Waals surface area contributed by atoms with Gasteiger partial charge in [0.15, 0.2) is 12.6 Å². The van der Waals surface area contributed by atoms with Crippen molar-refractivity contribution in [3.63, 3.8) is 0 Å². The number of aromatic nitrogens is 1. The van der Waals surface area contributed by atoms with Crippen molar-refractivity contribution < 1.29 is 22.7 Å². The molecule has 1 heterocycles. The Hall–Kier alpha value is -2.52. The van der Waals surface area contributed by atoms with Gasteiger partial charge in [-0.3, -0.25) is 9.79 Å². The molecule has 1 aromatic rings. The summed E-state index contributed by atoms with van der Waals surface area (Å²) in [7, 11) is 1.54. The van der Waals surface area contributed by atoms with E-state index in [0.29, 0.717) is 11.5 Å². The summed E-state index contributed by atoms with van der Waals surface area (Å²) in [6.07, 6.45) is -3.06. The van der Waals surface area contributed by atoms with Crippen LogP contribution in [-0.4, -0.2) is 48.8 Å². The van der Waals surface area contributed by atoms with Crippen molar-refractivity contribution in [2.75, 3.05) is 20.2 Å². The van der Waals surface area contributed by atoms with Gasteiger partial charge in [0, 0.05) is 31.4 Å². The van der Waals surface area contributed by atoms with E-state index in [1.54, 1.807) is 13.1 Å². The number of halogens is 3. The number of hydrogen-bond donors (Lipinski definition) is 3. The molecule has 1 rings (SSSR count). The second kappa shape index (κ2) is 9.25. The summed E-state index contributed by atoms with van der Waals surface area (Å²) in [6, 6.07) is 3.03.